The molecule has 0 aliphatic carbocycles. The van der Waals surface area contributed by atoms with E-state index in [0.29, 0.717) is 42.9 Å². The Morgan fingerprint density at radius 1 is 0.845 bits per heavy atom. The highest BCUT2D eigenvalue weighted by atomic mass is 32.2. The average Bonchev–Trinajstić information content (AvgIpc) is 3.48. The van der Waals surface area contributed by atoms with Crippen LogP contribution in [0.2, 0.25) is 0 Å². The van der Waals surface area contributed by atoms with E-state index in [9.17, 15) is 35.5 Å². The summed E-state index contributed by atoms with van der Waals surface area (Å²) >= 11 is 0. The van der Waals surface area contributed by atoms with Crippen LogP contribution in [0.25, 0.3) is 0 Å². The van der Waals surface area contributed by atoms with Crippen LogP contribution in [0.4, 0.5) is 11.4 Å². The van der Waals surface area contributed by atoms with E-state index >= 15 is 0 Å². The summed E-state index contributed by atoms with van der Waals surface area (Å²) in [6.07, 6.45) is 10.9. The number of rotatable bonds is 20. The molecule has 0 bridgehead atoms. The molecule has 2 N–H and O–H groups in total. The van der Waals surface area contributed by atoms with Crippen molar-refractivity contribution in [3.8, 4) is 0 Å². The van der Waals surface area contributed by atoms with Gasteiger partial charge >= 0.3 is 11.9 Å². The van der Waals surface area contributed by atoms with Crippen LogP contribution in [0.1, 0.15) is 118 Å². The van der Waals surface area contributed by atoms with Crippen LogP contribution in [-0.2, 0) is 51.9 Å². The van der Waals surface area contributed by atoms with Crippen LogP contribution in [0, 0.1) is 0 Å². The molecule has 0 atom stereocenters. The van der Waals surface area contributed by atoms with Crippen molar-refractivity contribution in [2.24, 2.45) is 0 Å². The number of carbonyl (C=O) groups excluding carboxylic acids is 2. The monoisotopic (exact) mass is 843 g/mol. The van der Waals surface area contributed by atoms with Crippen molar-refractivity contribution in [2.45, 2.75) is 105 Å². The molecular formula is C43H59N2O11S2+. The Balaban J connectivity index is 1.79. The van der Waals surface area contributed by atoms with Gasteiger partial charge in [-0.3, -0.25) is 9.11 Å². The van der Waals surface area contributed by atoms with Crippen LogP contribution < -0.4 is 4.90 Å². The van der Waals surface area contributed by atoms with Gasteiger partial charge in [-0.05, 0) is 70.7 Å². The maximum Gasteiger partial charge on any atom is 0.338 e. The van der Waals surface area contributed by atoms with E-state index in [2.05, 4.69) is 18.4 Å². The summed E-state index contributed by atoms with van der Waals surface area (Å²) in [5, 5.41) is 0. The van der Waals surface area contributed by atoms with Crippen LogP contribution in [0.3, 0.4) is 0 Å². The van der Waals surface area contributed by atoms with Gasteiger partial charge in [0, 0.05) is 53.0 Å². The van der Waals surface area contributed by atoms with E-state index in [4.69, 9.17) is 14.2 Å². The molecule has 318 valence electrons. The summed E-state index contributed by atoms with van der Waals surface area (Å²) in [6, 6.07) is 9.14. The van der Waals surface area contributed by atoms with Gasteiger partial charge in [0.1, 0.15) is 6.54 Å². The van der Waals surface area contributed by atoms with Crippen molar-refractivity contribution in [1.82, 2.24) is 0 Å². The molecule has 2 aliphatic heterocycles. The Hall–Kier alpha value is -4.15. The first-order valence-electron chi connectivity index (χ1n) is 19.8. The van der Waals surface area contributed by atoms with Crippen molar-refractivity contribution in [2.75, 3.05) is 42.7 Å². The molecule has 58 heavy (non-hydrogen) atoms. The fourth-order valence-electron chi connectivity index (χ4n) is 7.67. The standard InChI is InChI=1S/C43H58N2O11S2/c1-9-23-54-40(46)32-27-33(41(47)55-24-10-2)39-35(28-32)45(22-16-26-58(51,52)53)37(43(39,7)8)20-13-11-12-19-36-42(5,6)38-31(29-56-30(3)4)17-14-18-34(38)44(36)21-15-25-57(48,49)50/h11-14,17-20,27-28,30H,9-10,15-16,21-26,29H2,1-8H3,(H-,48,49,50,51,52,53)/p+1. The molecule has 2 aromatic rings. The fraction of sp³-hybridized carbons (Fsp3) is 0.512. The number of ether oxygens (including phenoxy) is 3. The minimum Gasteiger partial charge on any atom is -0.462 e. The number of hydrogen-bond acceptors (Lipinski definition) is 10. The molecular weight excluding hydrogens is 785 g/mol. The van der Waals surface area contributed by atoms with Gasteiger partial charge in [-0.1, -0.05) is 58.1 Å². The van der Waals surface area contributed by atoms with Crippen molar-refractivity contribution in [1.29, 1.82) is 0 Å². The van der Waals surface area contributed by atoms with Crippen LogP contribution in [0.15, 0.2) is 66.4 Å². The Kier molecular flexibility index (Phi) is 15.5. The number of carbonyl (C=O) groups is 2. The second-order valence-electron chi connectivity index (χ2n) is 15.9. The average molecular weight is 844 g/mol. The molecule has 2 aromatic carbocycles. The SMILES string of the molecule is CCCOC(=O)c1cc(C(=O)OCCC)c2c(c1)N(CCCS(=O)(=O)O)C(=CC=CC=CC1=[N+](CCCS(=O)(=O)O)c3cccc(COC(C)C)c3C1(C)C)C2(C)C. The molecule has 0 unspecified atom stereocenters. The summed E-state index contributed by atoms with van der Waals surface area (Å²) in [4.78, 5) is 28.6. The number of benzene rings is 2. The highest BCUT2D eigenvalue weighted by Crippen LogP contribution is 2.50. The van der Waals surface area contributed by atoms with Gasteiger partial charge in [-0.15, -0.1) is 0 Å². The molecule has 0 amide bonds. The molecule has 0 radical (unpaired) electrons. The van der Waals surface area contributed by atoms with E-state index in [0.717, 1.165) is 22.5 Å². The molecule has 0 saturated carbocycles. The van der Waals surface area contributed by atoms with Gasteiger partial charge in [-0.2, -0.15) is 21.4 Å². The predicted molar refractivity (Wildman–Crippen MR) is 226 cm³/mol. The minimum absolute atomic E-state index is 0.0240. The van der Waals surface area contributed by atoms with Crippen molar-refractivity contribution >= 4 is 49.3 Å². The van der Waals surface area contributed by atoms with Crippen molar-refractivity contribution < 1.29 is 54.3 Å². The predicted octanol–water partition coefficient (Wildman–Crippen LogP) is 7.47. The largest absolute Gasteiger partial charge is 0.462 e. The zero-order valence-electron chi connectivity index (χ0n) is 34.9. The van der Waals surface area contributed by atoms with Gasteiger partial charge < -0.3 is 19.1 Å². The van der Waals surface area contributed by atoms with Gasteiger partial charge in [0.2, 0.25) is 5.69 Å². The first-order chi connectivity index (χ1) is 27.1. The van der Waals surface area contributed by atoms with Gasteiger partial charge in [0.25, 0.3) is 20.2 Å². The zero-order chi connectivity index (χ0) is 43.1. The molecule has 0 aromatic heterocycles. The molecule has 0 fully saturated rings. The Bertz CT molecular complexity index is 2200. The molecule has 0 spiro atoms. The maximum absolute atomic E-state index is 13.6. The Labute approximate surface area is 344 Å². The van der Waals surface area contributed by atoms with Crippen molar-refractivity contribution in [3.63, 3.8) is 0 Å². The maximum atomic E-state index is 13.6. The molecule has 2 aliphatic rings. The summed E-state index contributed by atoms with van der Waals surface area (Å²) in [5.41, 5.74) is 4.86. The number of allylic oxidation sites excluding steroid dienone is 6. The lowest BCUT2D eigenvalue weighted by molar-refractivity contribution is -0.437. The molecule has 2 heterocycles. The number of nitrogens with zero attached hydrogens (tertiary/aromatic N) is 2. The summed E-state index contributed by atoms with van der Waals surface area (Å²) in [6.45, 7) is 17.1. The normalized spacial score (nSPS) is 16.9. The summed E-state index contributed by atoms with van der Waals surface area (Å²) in [5.74, 6) is -2.06. The van der Waals surface area contributed by atoms with E-state index < -0.39 is 48.8 Å². The third kappa shape index (κ3) is 11.3. The molecule has 0 saturated heterocycles. The smallest absolute Gasteiger partial charge is 0.338 e. The third-order valence-electron chi connectivity index (χ3n) is 10.1. The van der Waals surface area contributed by atoms with Gasteiger partial charge in [0.05, 0.1) is 54.0 Å². The lowest BCUT2D eigenvalue weighted by Gasteiger charge is -2.27. The topological polar surface area (TPSA) is 177 Å². The highest BCUT2D eigenvalue weighted by molar-refractivity contribution is 7.86. The summed E-state index contributed by atoms with van der Waals surface area (Å²) < 4.78 is 84.9. The fourth-order valence-corrected chi connectivity index (χ4v) is 8.66. The zero-order valence-corrected chi connectivity index (χ0v) is 36.5. The first kappa shape index (κ1) is 46.5. The molecule has 13 nitrogen and oxygen atoms in total. The van der Waals surface area contributed by atoms with Crippen LogP contribution in [0.5, 0.6) is 0 Å². The van der Waals surface area contributed by atoms with Gasteiger partial charge in [0.15, 0.2) is 5.71 Å². The van der Waals surface area contributed by atoms with Crippen LogP contribution >= 0.6 is 0 Å². The highest BCUT2D eigenvalue weighted by Gasteiger charge is 2.46. The number of hydrogen-bond donors (Lipinski definition) is 2. The van der Waals surface area contributed by atoms with Gasteiger partial charge in [-0.25, -0.2) is 9.59 Å². The number of esters is 2. The van der Waals surface area contributed by atoms with E-state index in [1.807, 2.05) is 95.0 Å². The lowest BCUT2D eigenvalue weighted by atomic mass is 9.79. The first-order valence-corrected chi connectivity index (χ1v) is 23.0. The van der Waals surface area contributed by atoms with Crippen LogP contribution in [-0.4, -0.2) is 92.1 Å². The third-order valence-corrected chi connectivity index (χ3v) is 11.8. The quantitative estimate of drug-likeness (QED) is 0.0583. The lowest BCUT2D eigenvalue weighted by Crippen LogP contribution is -2.29. The number of anilines is 1. The van der Waals surface area contributed by atoms with E-state index in [-0.39, 0.29) is 55.6 Å². The number of fused-ring (bicyclic) bond motifs is 2. The minimum atomic E-state index is -4.27. The Morgan fingerprint density at radius 3 is 2.10 bits per heavy atom. The summed E-state index contributed by atoms with van der Waals surface area (Å²) in [7, 11) is -8.42. The molecule has 15 heteroatoms. The second kappa shape index (κ2) is 19.3. The second-order valence-corrected chi connectivity index (χ2v) is 19.0. The molecule has 4 rings (SSSR count). The van der Waals surface area contributed by atoms with E-state index in [1.165, 1.54) is 6.07 Å². The Morgan fingerprint density at radius 2 is 1.48 bits per heavy atom. The van der Waals surface area contributed by atoms with E-state index in [1.54, 1.807) is 6.07 Å². The van der Waals surface area contributed by atoms with Crippen molar-refractivity contribution in [3.05, 3.63) is 94.2 Å².